The van der Waals surface area contributed by atoms with Gasteiger partial charge in [0.05, 0.1) is 0 Å². The molecule has 1 aromatic carbocycles. The fourth-order valence-electron chi connectivity index (χ4n) is 2.11. The Morgan fingerprint density at radius 3 is 2.76 bits per heavy atom. The molecule has 0 bridgehead atoms. The summed E-state index contributed by atoms with van der Waals surface area (Å²) < 4.78 is 0. The van der Waals surface area contributed by atoms with Crippen molar-refractivity contribution in [3.8, 4) is 0 Å². The molecule has 1 saturated carbocycles. The average molecular weight is 233 g/mol. The average Bonchev–Trinajstić information content (AvgIpc) is 3.08. The molecular weight excluding hydrogens is 214 g/mol. The topological polar surface area (TPSA) is 49.3 Å². The van der Waals surface area contributed by atoms with Gasteiger partial charge in [0, 0.05) is 6.54 Å². The highest BCUT2D eigenvalue weighted by Gasteiger charge is 2.35. The second-order valence-electron chi connectivity index (χ2n) is 4.89. The third-order valence-corrected chi connectivity index (χ3v) is 3.59. The molecule has 3 heteroatoms. The molecule has 0 heterocycles. The molecule has 2 rings (SSSR count). The molecule has 1 atom stereocenters. The number of aliphatic carboxylic acids is 1. The number of hydrogen-bond acceptors (Lipinski definition) is 2. The fraction of sp³-hybridized carbons (Fsp3) is 0.500. The summed E-state index contributed by atoms with van der Waals surface area (Å²) in [6.45, 7) is 4.80. The van der Waals surface area contributed by atoms with E-state index < -0.39 is 5.97 Å². The Kier molecular flexibility index (Phi) is 3.48. The van der Waals surface area contributed by atoms with Crippen LogP contribution in [-0.2, 0) is 11.3 Å². The van der Waals surface area contributed by atoms with Gasteiger partial charge in [-0.25, -0.2) is 0 Å². The third-order valence-electron chi connectivity index (χ3n) is 3.59. The maximum Gasteiger partial charge on any atom is 0.320 e. The van der Waals surface area contributed by atoms with Crippen LogP contribution in [0, 0.1) is 19.8 Å². The largest absolute Gasteiger partial charge is 0.480 e. The van der Waals surface area contributed by atoms with Crippen LogP contribution >= 0.6 is 0 Å². The van der Waals surface area contributed by atoms with Gasteiger partial charge in [0.15, 0.2) is 0 Å². The van der Waals surface area contributed by atoms with Crippen LogP contribution in [0.3, 0.4) is 0 Å². The van der Waals surface area contributed by atoms with E-state index in [-0.39, 0.29) is 6.04 Å². The second kappa shape index (κ2) is 4.88. The number of carbonyl (C=O) groups is 1. The fourth-order valence-corrected chi connectivity index (χ4v) is 2.11. The zero-order valence-corrected chi connectivity index (χ0v) is 10.4. The molecular formula is C14H19NO2. The van der Waals surface area contributed by atoms with E-state index in [1.807, 2.05) is 6.07 Å². The lowest BCUT2D eigenvalue weighted by atomic mass is 10.0. The predicted molar refractivity (Wildman–Crippen MR) is 66.9 cm³/mol. The first-order valence-electron chi connectivity index (χ1n) is 6.11. The Morgan fingerprint density at radius 2 is 2.18 bits per heavy atom. The molecule has 1 unspecified atom stereocenters. The van der Waals surface area contributed by atoms with Crippen molar-refractivity contribution in [2.75, 3.05) is 0 Å². The number of nitrogens with one attached hydrogen (secondary N) is 1. The summed E-state index contributed by atoms with van der Waals surface area (Å²) in [5.41, 5.74) is 3.69. The zero-order valence-electron chi connectivity index (χ0n) is 10.4. The van der Waals surface area contributed by atoms with Crippen LogP contribution in [0.2, 0.25) is 0 Å². The van der Waals surface area contributed by atoms with Crippen LogP contribution < -0.4 is 5.32 Å². The van der Waals surface area contributed by atoms with Crippen molar-refractivity contribution >= 4 is 5.97 Å². The standard InChI is InChI=1S/C14H19NO2/c1-9-4-3-5-12(10(9)2)8-15-13(14(16)17)11-6-7-11/h3-5,11,13,15H,6-8H2,1-2H3,(H,16,17). The molecule has 2 N–H and O–H groups in total. The summed E-state index contributed by atoms with van der Waals surface area (Å²) in [7, 11) is 0. The normalized spacial score (nSPS) is 16.8. The maximum absolute atomic E-state index is 11.1. The number of rotatable bonds is 5. The van der Waals surface area contributed by atoms with Crippen LogP contribution in [0.25, 0.3) is 0 Å². The molecule has 0 aromatic heterocycles. The van der Waals surface area contributed by atoms with Crippen molar-refractivity contribution in [1.82, 2.24) is 5.32 Å². The van der Waals surface area contributed by atoms with Gasteiger partial charge in [-0.3, -0.25) is 4.79 Å². The Morgan fingerprint density at radius 1 is 1.47 bits per heavy atom. The van der Waals surface area contributed by atoms with Gasteiger partial charge >= 0.3 is 5.97 Å². The summed E-state index contributed by atoms with van der Waals surface area (Å²) in [6, 6.07) is 5.77. The minimum atomic E-state index is -0.724. The monoisotopic (exact) mass is 233 g/mol. The van der Waals surface area contributed by atoms with Gasteiger partial charge in [0.1, 0.15) is 6.04 Å². The van der Waals surface area contributed by atoms with Gasteiger partial charge in [-0.2, -0.15) is 0 Å². The summed E-state index contributed by atoms with van der Waals surface area (Å²) in [6.07, 6.45) is 2.08. The first kappa shape index (κ1) is 12.1. The van der Waals surface area contributed by atoms with Crippen LogP contribution in [0.5, 0.6) is 0 Å². The van der Waals surface area contributed by atoms with Crippen molar-refractivity contribution in [2.24, 2.45) is 5.92 Å². The van der Waals surface area contributed by atoms with Crippen molar-refractivity contribution in [1.29, 1.82) is 0 Å². The molecule has 92 valence electrons. The van der Waals surface area contributed by atoms with E-state index in [4.69, 9.17) is 5.11 Å². The molecule has 0 spiro atoms. The molecule has 0 aliphatic heterocycles. The first-order valence-corrected chi connectivity index (χ1v) is 6.11. The lowest BCUT2D eigenvalue weighted by Crippen LogP contribution is -2.38. The van der Waals surface area contributed by atoms with Gasteiger partial charge < -0.3 is 10.4 Å². The third kappa shape index (κ3) is 2.86. The molecule has 1 aromatic rings. The SMILES string of the molecule is Cc1cccc(CNC(C(=O)O)C2CC2)c1C. The van der Waals surface area contributed by atoms with E-state index in [0.29, 0.717) is 12.5 Å². The minimum absolute atomic E-state index is 0.331. The summed E-state index contributed by atoms with van der Waals surface area (Å²) in [5, 5.41) is 12.3. The highest BCUT2D eigenvalue weighted by Crippen LogP contribution is 2.32. The Balaban J connectivity index is 2.01. The van der Waals surface area contributed by atoms with Crippen LogP contribution in [0.1, 0.15) is 29.5 Å². The Labute approximate surface area is 102 Å². The maximum atomic E-state index is 11.1. The van der Waals surface area contributed by atoms with E-state index in [1.165, 1.54) is 16.7 Å². The molecule has 1 aliphatic rings. The lowest BCUT2D eigenvalue weighted by molar-refractivity contribution is -0.140. The molecule has 0 amide bonds. The second-order valence-corrected chi connectivity index (χ2v) is 4.89. The highest BCUT2D eigenvalue weighted by atomic mass is 16.4. The van der Waals surface area contributed by atoms with Crippen molar-refractivity contribution < 1.29 is 9.90 Å². The molecule has 0 saturated heterocycles. The Bertz CT molecular complexity index is 424. The Hall–Kier alpha value is -1.35. The van der Waals surface area contributed by atoms with Crippen molar-refractivity contribution in [3.63, 3.8) is 0 Å². The van der Waals surface area contributed by atoms with E-state index in [1.54, 1.807) is 0 Å². The summed E-state index contributed by atoms with van der Waals surface area (Å²) >= 11 is 0. The van der Waals surface area contributed by atoms with E-state index >= 15 is 0 Å². The van der Waals surface area contributed by atoms with Gasteiger partial charge in [-0.05, 0) is 49.3 Å². The number of benzene rings is 1. The molecule has 17 heavy (non-hydrogen) atoms. The van der Waals surface area contributed by atoms with Crippen LogP contribution in [-0.4, -0.2) is 17.1 Å². The molecule has 1 fully saturated rings. The quantitative estimate of drug-likeness (QED) is 0.820. The highest BCUT2D eigenvalue weighted by molar-refractivity contribution is 5.74. The molecule has 1 aliphatic carbocycles. The number of carboxylic acids is 1. The summed E-state index contributed by atoms with van der Waals surface area (Å²) in [4.78, 5) is 11.1. The first-order chi connectivity index (χ1) is 8.09. The lowest BCUT2D eigenvalue weighted by Gasteiger charge is -2.15. The van der Waals surface area contributed by atoms with E-state index in [2.05, 4.69) is 31.3 Å². The molecule has 0 radical (unpaired) electrons. The number of hydrogen-bond donors (Lipinski definition) is 2. The van der Waals surface area contributed by atoms with E-state index in [9.17, 15) is 4.79 Å². The number of carboxylic acid groups (broad SMARTS) is 1. The van der Waals surface area contributed by atoms with Gasteiger partial charge in [0.2, 0.25) is 0 Å². The van der Waals surface area contributed by atoms with Crippen molar-refractivity contribution in [2.45, 2.75) is 39.3 Å². The smallest absolute Gasteiger partial charge is 0.320 e. The molecule has 3 nitrogen and oxygen atoms in total. The zero-order chi connectivity index (χ0) is 12.4. The van der Waals surface area contributed by atoms with Gasteiger partial charge in [-0.1, -0.05) is 18.2 Å². The van der Waals surface area contributed by atoms with Gasteiger partial charge in [-0.15, -0.1) is 0 Å². The number of aryl methyl sites for hydroxylation is 1. The van der Waals surface area contributed by atoms with E-state index in [0.717, 1.165) is 12.8 Å². The summed E-state index contributed by atoms with van der Waals surface area (Å²) in [5.74, 6) is -0.393. The predicted octanol–water partition coefficient (Wildman–Crippen LogP) is 2.26. The van der Waals surface area contributed by atoms with Crippen LogP contribution in [0.15, 0.2) is 18.2 Å². The van der Waals surface area contributed by atoms with Crippen molar-refractivity contribution in [3.05, 3.63) is 34.9 Å². The van der Waals surface area contributed by atoms with Crippen LogP contribution in [0.4, 0.5) is 0 Å². The minimum Gasteiger partial charge on any atom is -0.480 e. The van der Waals surface area contributed by atoms with Gasteiger partial charge in [0.25, 0.3) is 0 Å².